The number of ether oxygens (including phenoxy) is 2. The molecule has 8 nitrogen and oxygen atoms in total. The van der Waals surface area contributed by atoms with E-state index in [9.17, 15) is 14.7 Å². The van der Waals surface area contributed by atoms with Crippen LogP contribution in [0.3, 0.4) is 0 Å². The number of rotatable bonds is 11. The molecule has 184 valence electrons. The summed E-state index contributed by atoms with van der Waals surface area (Å²) in [6, 6.07) is 20.6. The number of allylic oxidation sites excluding steroid dienone is 1. The summed E-state index contributed by atoms with van der Waals surface area (Å²) >= 11 is 0. The van der Waals surface area contributed by atoms with Gasteiger partial charge in [-0.2, -0.15) is 0 Å². The van der Waals surface area contributed by atoms with E-state index in [1.54, 1.807) is 17.6 Å². The summed E-state index contributed by atoms with van der Waals surface area (Å²) in [5, 5.41) is 22.6. The molecule has 0 saturated carbocycles. The molecule has 2 atom stereocenters. The molecular formula is C27H30N2O6. The van der Waals surface area contributed by atoms with E-state index in [0.29, 0.717) is 29.8 Å². The maximum absolute atomic E-state index is 13.0. The highest BCUT2D eigenvalue weighted by atomic mass is 16.6. The number of hydrogen-bond acceptors (Lipinski definition) is 6. The number of fused-ring (bicyclic) bond motifs is 1. The van der Waals surface area contributed by atoms with Crippen molar-refractivity contribution < 1.29 is 29.4 Å². The Morgan fingerprint density at radius 3 is 2.57 bits per heavy atom. The Kier molecular flexibility index (Phi) is 9.65. The number of benzene rings is 3. The van der Waals surface area contributed by atoms with Gasteiger partial charge in [-0.15, -0.1) is 0 Å². The number of amides is 2. The highest BCUT2D eigenvalue weighted by Gasteiger charge is 2.26. The SMILES string of the molecule is C[C@H](CC/C=C/C(=O)NO)[C@H](OC(=O)Nc1cccc2ccccc12)c1ccccc1OCCO. The molecule has 0 aliphatic heterocycles. The van der Waals surface area contributed by atoms with Crippen molar-refractivity contribution in [2.45, 2.75) is 25.9 Å². The topological polar surface area (TPSA) is 117 Å². The van der Waals surface area contributed by atoms with E-state index in [0.717, 1.165) is 10.8 Å². The summed E-state index contributed by atoms with van der Waals surface area (Å²) in [7, 11) is 0. The first-order valence-corrected chi connectivity index (χ1v) is 11.4. The minimum absolute atomic E-state index is 0.110. The largest absolute Gasteiger partial charge is 0.491 e. The molecule has 35 heavy (non-hydrogen) atoms. The van der Waals surface area contributed by atoms with Gasteiger partial charge in [0.2, 0.25) is 0 Å². The third kappa shape index (κ3) is 7.30. The first-order chi connectivity index (χ1) is 17.0. The van der Waals surface area contributed by atoms with Crippen LogP contribution >= 0.6 is 0 Å². The first-order valence-electron chi connectivity index (χ1n) is 11.4. The van der Waals surface area contributed by atoms with Crippen LogP contribution in [0.4, 0.5) is 10.5 Å². The highest BCUT2D eigenvalue weighted by Crippen LogP contribution is 2.36. The van der Waals surface area contributed by atoms with Gasteiger partial charge in [-0.1, -0.05) is 67.6 Å². The lowest BCUT2D eigenvalue weighted by atomic mass is 9.92. The third-order valence-electron chi connectivity index (χ3n) is 5.52. The van der Waals surface area contributed by atoms with Gasteiger partial charge in [0.15, 0.2) is 0 Å². The molecule has 0 aliphatic carbocycles. The number of aliphatic hydroxyl groups excluding tert-OH is 1. The lowest BCUT2D eigenvalue weighted by Gasteiger charge is -2.26. The number of para-hydroxylation sites is 1. The van der Waals surface area contributed by atoms with Crippen LogP contribution in [-0.4, -0.2) is 35.5 Å². The molecule has 0 spiro atoms. The maximum Gasteiger partial charge on any atom is 0.412 e. The van der Waals surface area contributed by atoms with Crippen molar-refractivity contribution in [3.63, 3.8) is 0 Å². The molecule has 0 fully saturated rings. The molecule has 0 aromatic heterocycles. The minimum Gasteiger partial charge on any atom is -0.491 e. The van der Waals surface area contributed by atoms with Gasteiger partial charge in [-0.25, -0.2) is 10.3 Å². The highest BCUT2D eigenvalue weighted by molar-refractivity contribution is 6.00. The number of hydroxylamine groups is 1. The van der Waals surface area contributed by atoms with E-state index in [-0.39, 0.29) is 19.1 Å². The van der Waals surface area contributed by atoms with E-state index < -0.39 is 18.1 Å². The fraction of sp³-hybridized carbons (Fsp3) is 0.259. The number of anilines is 1. The average Bonchev–Trinajstić information content (AvgIpc) is 2.88. The van der Waals surface area contributed by atoms with Crippen LogP contribution in [0.25, 0.3) is 10.8 Å². The van der Waals surface area contributed by atoms with Crippen LogP contribution in [0, 0.1) is 5.92 Å². The summed E-state index contributed by atoms with van der Waals surface area (Å²) in [5.74, 6) is -0.233. The second kappa shape index (κ2) is 13.1. The summed E-state index contributed by atoms with van der Waals surface area (Å²) in [4.78, 5) is 24.2. The monoisotopic (exact) mass is 478 g/mol. The number of carbonyl (C=O) groups is 2. The second-order valence-electron chi connectivity index (χ2n) is 8.02. The lowest BCUT2D eigenvalue weighted by molar-refractivity contribution is -0.124. The van der Waals surface area contributed by atoms with Crippen molar-refractivity contribution in [2.75, 3.05) is 18.5 Å². The quantitative estimate of drug-likeness (QED) is 0.175. The Balaban J connectivity index is 1.81. The fourth-order valence-corrected chi connectivity index (χ4v) is 3.82. The fourth-order valence-electron chi connectivity index (χ4n) is 3.82. The predicted molar refractivity (Wildman–Crippen MR) is 133 cm³/mol. The standard InChI is InChI=1S/C27H30N2O6/c1-19(9-2-7-16-25(31)29-33)26(22-13-5-6-15-24(22)34-18-17-30)35-27(32)28-23-14-8-11-20-10-3-4-12-21(20)23/h3-8,10-16,19,26,30,33H,2,9,17-18H2,1H3,(H,28,32)(H,29,31)/b16-7+/t19-,26+/m1/s1. The van der Waals surface area contributed by atoms with Crippen molar-refractivity contribution in [1.29, 1.82) is 0 Å². The molecule has 3 aromatic carbocycles. The summed E-state index contributed by atoms with van der Waals surface area (Å²) in [6.45, 7) is 1.91. The maximum atomic E-state index is 13.0. The van der Waals surface area contributed by atoms with Crippen molar-refractivity contribution in [3.05, 3.63) is 84.4 Å². The number of hydrogen-bond donors (Lipinski definition) is 4. The lowest BCUT2D eigenvalue weighted by Crippen LogP contribution is -2.23. The van der Waals surface area contributed by atoms with E-state index in [1.165, 1.54) is 6.08 Å². The second-order valence-corrected chi connectivity index (χ2v) is 8.02. The average molecular weight is 479 g/mol. The number of carbonyl (C=O) groups excluding carboxylic acids is 2. The normalized spacial score (nSPS) is 12.8. The van der Waals surface area contributed by atoms with Gasteiger partial charge in [-0.3, -0.25) is 15.3 Å². The summed E-state index contributed by atoms with van der Waals surface area (Å²) in [5.41, 5.74) is 2.87. The van der Waals surface area contributed by atoms with Gasteiger partial charge in [0.05, 0.1) is 12.3 Å². The van der Waals surface area contributed by atoms with Gasteiger partial charge in [-0.05, 0) is 36.3 Å². The van der Waals surface area contributed by atoms with Crippen LogP contribution < -0.4 is 15.5 Å². The first kappa shape index (κ1) is 25.7. The zero-order chi connectivity index (χ0) is 25.0. The molecule has 0 heterocycles. The van der Waals surface area contributed by atoms with Crippen LogP contribution in [0.5, 0.6) is 5.75 Å². The van der Waals surface area contributed by atoms with E-state index >= 15 is 0 Å². The molecule has 0 aliphatic rings. The Morgan fingerprint density at radius 2 is 1.77 bits per heavy atom. The Bertz CT molecular complexity index is 1160. The molecule has 4 N–H and O–H groups in total. The van der Waals surface area contributed by atoms with Crippen LogP contribution in [0.2, 0.25) is 0 Å². The van der Waals surface area contributed by atoms with Crippen LogP contribution in [0.15, 0.2) is 78.9 Å². The molecule has 8 heteroatoms. The van der Waals surface area contributed by atoms with Crippen LogP contribution in [-0.2, 0) is 9.53 Å². The van der Waals surface area contributed by atoms with Gasteiger partial charge in [0.1, 0.15) is 18.5 Å². The summed E-state index contributed by atoms with van der Waals surface area (Å²) in [6.07, 6.45) is 2.75. The third-order valence-corrected chi connectivity index (χ3v) is 5.52. The van der Waals surface area contributed by atoms with Gasteiger partial charge < -0.3 is 14.6 Å². The molecule has 2 amide bonds. The van der Waals surface area contributed by atoms with E-state index in [4.69, 9.17) is 14.7 Å². The van der Waals surface area contributed by atoms with Gasteiger partial charge in [0, 0.05) is 17.0 Å². The molecule has 3 rings (SSSR count). The molecule has 0 radical (unpaired) electrons. The van der Waals surface area contributed by atoms with Crippen molar-refractivity contribution >= 4 is 28.5 Å². The molecule has 0 unspecified atom stereocenters. The van der Waals surface area contributed by atoms with Crippen molar-refractivity contribution in [2.24, 2.45) is 5.92 Å². The summed E-state index contributed by atoms with van der Waals surface area (Å²) < 4.78 is 11.6. The van der Waals surface area contributed by atoms with Crippen molar-refractivity contribution in [3.8, 4) is 5.75 Å². The van der Waals surface area contributed by atoms with Gasteiger partial charge >= 0.3 is 6.09 Å². The zero-order valence-corrected chi connectivity index (χ0v) is 19.5. The van der Waals surface area contributed by atoms with Crippen LogP contribution in [0.1, 0.15) is 31.4 Å². The smallest absolute Gasteiger partial charge is 0.412 e. The minimum atomic E-state index is -0.653. The Hall–Kier alpha value is -3.88. The number of nitrogens with one attached hydrogen (secondary N) is 2. The van der Waals surface area contributed by atoms with Crippen molar-refractivity contribution in [1.82, 2.24) is 5.48 Å². The molecular weight excluding hydrogens is 448 g/mol. The van der Waals surface area contributed by atoms with E-state index in [1.807, 2.05) is 67.6 Å². The molecule has 0 bridgehead atoms. The Labute approximate surface area is 204 Å². The Morgan fingerprint density at radius 1 is 1.03 bits per heavy atom. The van der Waals surface area contributed by atoms with E-state index in [2.05, 4.69) is 5.32 Å². The number of aliphatic hydroxyl groups is 1. The predicted octanol–water partition coefficient (Wildman–Crippen LogP) is 4.98. The molecule has 3 aromatic rings. The molecule has 0 saturated heterocycles. The van der Waals surface area contributed by atoms with Gasteiger partial charge in [0.25, 0.3) is 5.91 Å². The zero-order valence-electron chi connectivity index (χ0n) is 19.5.